The van der Waals surface area contributed by atoms with Gasteiger partial charge in [0, 0.05) is 17.7 Å². The molecule has 0 atom stereocenters. The van der Waals surface area contributed by atoms with Crippen molar-refractivity contribution in [2.45, 2.75) is 96.0 Å². The molecule has 2 aliphatic carbocycles. The fourth-order valence-electron chi connectivity index (χ4n) is 6.85. The topological polar surface area (TPSA) is 27.7 Å². The highest BCUT2D eigenvalue weighted by molar-refractivity contribution is 5.66. The van der Waals surface area contributed by atoms with E-state index in [1.807, 2.05) is 6.92 Å². The van der Waals surface area contributed by atoms with E-state index in [2.05, 4.69) is 0 Å². The quantitative estimate of drug-likeness (QED) is 0.145. The minimum absolute atomic E-state index is 0.0395. The number of benzene rings is 3. The van der Waals surface area contributed by atoms with E-state index < -0.39 is 34.9 Å². The van der Waals surface area contributed by atoms with Crippen LogP contribution in [0.2, 0.25) is 0 Å². The Bertz CT molecular complexity index is 1480. The Kier molecular flexibility index (Phi) is 11.6. The molecule has 9 heteroatoms. The van der Waals surface area contributed by atoms with Crippen LogP contribution in [0, 0.1) is 40.8 Å². The Morgan fingerprint density at radius 3 is 1.70 bits per heavy atom. The van der Waals surface area contributed by atoms with E-state index in [1.54, 1.807) is 13.0 Å². The Balaban J connectivity index is 1.10. The third-order valence-electron chi connectivity index (χ3n) is 9.55. The first-order valence-corrected chi connectivity index (χ1v) is 16.5. The summed E-state index contributed by atoms with van der Waals surface area (Å²) in [6.07, 6.45) is 7.55. The second-order valence-electron chi connectivity index (χ2n) is 12.5. The molecule has 0 aromatic heterocycles. The molecule has 0 radical (unpaired) electrons. The lowest BCUT2D eigenvalue weighted by Gasteiger charge is -2.33. The van der Waals surface area contributed by atoms with Gasteiger partial charge in [-0.05, 0) is 112 Å². The van der Waals surface area contributed by atoms with Crippen molar-refractivity contribution >= 4 is 0 Å². The van der Waals surface area contributed by atoms with Gasteiger partial charge in [-0.1, -0.05) is 31.5 Å². The molecule has 2 fully saturated rings. The molecule has 3 aromatic carbocycles. The Labute approximate surface area is 267 Å². The molecule has 2 aliphatic rings. The molecular weight excluding hydrogens is 606 g/mol. The molecule has 0 spiro atoms. The van der Waals surface area contributed by atoms with Crippen LogP contribution in [0.3, 0.4) is 0 Å². The molecule has 2 saturated carbocycles. The van der Waals surface area contributed by atoms with Crippen molar-refractivity contribution in [1.82, 2.24) is 0 Å². The zero-order chi connectivity index (χ0) is 32.8. The smallest absolute Gasteiger partial charge is 0.201 e. The van der Waals surface area contributed by atoms with Crippen LogP contribution < -0.4 is 9.47 Å². The summed E-state index contributed by atoms with van der Waals surface area (Å²) in [6.45, 7) is 4.69. The monoisotopic (exact) mass is 648 g/mol. The van der Waals surface area contributed by atoms with Gasteiger partial charge >= 0.3 is 0 Å². The summed E-state index contributed by atoms with van der Waals surface area (Å²) in [5, 5.41) is 0. The Morgan fingerprint density at radius 1 is 0.565 bits per heavy atom. The number of hydrogen-bond donors (Lipinski definition) is 0. The molecule has 0 saturated heterocycles. The average Bonchev–Trinajstić information content (AvgIpc) is 3.07. The second kappa shape index (κ2) is 15.6. The van der Waals surface area contributed by atoms with Gasteiger partial charge < -0.3 is 14.2 Å². The van der Waals surface area contributed by atoms with E-state index in [4.69, 9.17) is 14.2 Å². The lowest BCUT2D eigenvalue weighted by Crippen LogP contribution is -2.26. The lowest BCUT2D eigenvalue weighted by atomic mass is 9.78. The zero-order valence-corrected chi connectivity index (χ0v) is 26.5. The largest absolute Gasteiger partial charge is 0.491 e. The van der Waals surface area contributed by atoms with Gasteiger partial charge in [0.2, 0.25) is 11.6 Å². The van der Waals surface area contributed by atoms with E-state index in [-0.39, 0.29) is 58.7 Å². The Hall–Kier alpha value is -3.20. The predicted molar refractivity (Wildman–Crippen MR) is 165 cm³/mol. The summed E-state index contributed by atoms with van der Waals surface area (Å²) in [6, 6.07) is 8.36. The number of halogens is 6. The number of hydrogen-bond acceptors (Lipinski definition) is 3. The first-order valence-electron chi connectivity index (χ1n) is 16.5. The van der Waals surface area contributed by atoms with Gasteiger partial charge in [-0.2, -0.15) is 8.78 Å². The fourth-order valence-corrected chi connectivity index (χ4v) is 6.85. The fraction of sp³-hybridized carbons (Fsp3) is 0.514. The minimum Gasteiger partial charge on any atom is -0.491 e. The third kappa shape index (κ3) is 7.50. The highest BCUT2D eigenvalue weighted by Gasteiger charge is 2.30. The van der Waals surface area contributed by atoms with Crippen LogP contribution in [-0.4, -0.2) is 25.9 Å². The Morgan fingerprint density at radius 2 is 1.07 bits per heavy atom. The average molecular weight is 649 g/mol. The van der Waals surface area contributed by atoms with E-state index in [1.165, 1.54) is 30.3 Å². The summed E-state index contributed by atoms with van der Waals surface area (Å²) in [5.74, 6) is -6.77. The highest BCUT2D eigenvalue weighted by atomic mass is 19.2. The SMILES string of the molecule is CCCCOc1ccc(C2CCC(OCC3CCC(c4ccc(-c5ccc(OCC)c(F)c5F)c(F)c4F)CC3)CC2)c(F)c1F. The first-order chi connectivity index (χ1) is 22.2. The van der Waals surface area contributed by atoms with Crippen molar-refractivity contribution in [3.05, 3.63) is 82.4 Å². The van der Waals surface area contributed by atoms with E-state index in [0.717, 1.165) is 38.5 Å². The summed E-state index contributed by atoms with van der Waals surface area (Å²) in [4.78, 5) is 0. The molecule has 0 heterocycles. The zero-order valence-electron chi connectivity index (χ0n) is 26.5. The minimum atomic E-state index is -1.28. The van der Waals surface area contributed by atoms with Crippen molar-refractivity contribution in [3.8, 4) is 22.6 Å². The maximum Gasteiger partial charge on any atom is 0.201 e. The van der Waals surface area contributed by atoms with Crippen molar-refractivity contribution in [2.75, 3.05) is 19.8 Å². The maximum absolute atomic E-state index is 15.2. The van der Waals surface area contributed by atoms with Crippen LogP contribution in [0.15, 0.2) is 36.4 Å². The molecule has 0 N–H and O–H groups in total. The van der Waals surface area contributed by atoms with Crippen LogP contribution in [-0.2, 0) is 4.74 Å². The number of rotatable bonds is 12. The molecule has 250 valence electrons. The summed E-state index contributed by atoms with van der Waals surface area (Å²) >= 11 is 0. The van der Waals surface area contributed by atoms with Gasteiger partial charge in [0.25, 0.3) is 0 Å². The number of ether oxygens (including phenoxy) is 3. The lowest BCUT2D eigenvalue weighted by molar-refractivity contribution is -0.00295. The van der Waals surface area contributed by atoms with Crippen LogP contribution >= 0.6 is 0 Å². The maximum atomic E-state index is 15.2. The molecule has 3 aromatic rings. The summed E-state index contributed by atoms with van der Waals surface area (Å²) in [5.41, 5.74) is -0.0548. The normalized spacial score (nSPS) is 21.7. The first kappa shape index (κ1) is 34.1. The molecule has 0 bridgehead atoms. The van der Waals surface area contributed by atoms with Gasteiger partial charge in [-0.3, -0.25) is 0 Å². The second-order valence-corrected chi connectivity index (χ2v) is 12.5. The van der Waals surface area contributed by atoms with Gasteiger partial charge in [-0.25, -0.2) is 17.6 Å². The number of unbranched alkanes of at least 4 members (excludes halogenated alkanes) is 1. The third-order valence-corrected chi connectivity index (χ3v) is 9.55. The molecule has 5 rings (SSSR count). The molecule has 0 amide bonds. The summed E-state index contributed by atoms with van der Waals surface area (Å²) < 4.78 is 106. The van der Waals surface area contributed by atoms with E-state index in [9.17, 15) is 17.6 Å². The van der Waals surface area contributed by atoms with Gasteiger partial charge in [0.05, 0.1) is 19.3 Å². The van der Waals surface area contributed by atoms with Crippen LogP contribution in [0.1, 0.15) is 101 Å². The highest BCUT2D eigenvalue weighted by Crippen LogP contribution is 2.41. The van der Waals surface area contributed by atoms with Gasteiger partial charge in [0.1, 0.15) is 0 Å². The van der Waals surface area contributed by atoms with Crippen LogP contribution in [0.5, 0.6) is 11.5 Å². The summed E-state index contributed by atoms with van der Waals surface area (Å²) in [7, 11) is 0. The molecule has 0 unspecified atom stereocenters. The van der Waals surface area contributed by atoms with Crippen molar-refractivity contribution in [1.29, 1.82) is 0 Å². The molecule has 46 heavy (non-hydrogen) atoms. The van der Waals surface area contributed by atoms with Gasteiger partial charge in [-0.15, -0.1) is 0 Å². The van der Waals surface area contributed by atoms with Crippen molar-refractivity contribution in [2.24, 2.45) is 5.92 Å². The van der Waals surface area contributed by atoms with Gasteiger partial charge in [0.15, 0.2) is 34.8 Å². The van der Waals surface area contributed by atoms with Crippen LogP contribution in [0.4, 0.5) is 26.3 Å². The predicted octanol–water partition coefficient (Wildman–Crippen LogP) is 10.8. The van der Waals surface area contributed by atoms with E-state index >= 15 is 8.78 Å². The molecule has 3 nitrogen and oxygen atoms in total. The standard InChI is InChI=1S/C37H42F6O3/c1-3-5-20-45-31-18-16-27(33(39)37(31)43)24-10-12-25(13-11-24)46-21-22-6-8-23(9-7-22)26-14-15-28(34(40)32(26)38)29-17-19-30(44-4-2)36(42)35(29)41/h14-19,22-25H,3-13,20-21H2,1-2H3. The van der Waals surface area contributed by atoms with Crippen LogP contribution in [0.25, 0.3) is 11.1 Å². The van der Waals surface area contributed by atoms with E-state index in [0.29, 0.717) is 44.5 Å². The molecule has 0 aliphatic heterocycles. The van der Waals surface area contributed by atoms with Crippen molar-refractivity contribution < 1.29 is 40.6 Å². The molecular formula is C37H42F6O3. The van der Waals surface area contributed by atoms with Crippen molar-refractivity contribution in [3.63, 3.8) is 0 Å².